The van der Waals surface area contributed by atoms with Gasteiger partial charge in [0, 0.05) is 0 Å². The summed E-state index contributed by atoms with van der Waals surface area (Å²) in [7, 11) is 0. The quantitative estimate of drug-likeness (QED) is 0.419. The molecule has 2 aromatic rings. The van der Waals surface area contributed by atoms with Crippen molar-refractivity contribution >= 4 is 29.6 Å². The van der Waals surface area contributed by atoms with Gasteiger partial charge in [0.05, 0.1) is 23.4 Å². The molecule has 1 atom stereocenters. The van der Waals surface area contributed by atoms with Gasteiger partial charge in [-0.25, -0.2) is 5.43 Å². The van der Waals surface area contributed by atoms with E-state index in [4.69, 9.17) is 26.3 Å². The van der Waals surface area contributed by atoms with Crippen LogP contribution in [0, 0.1) is 17.2 Å². The lowest BCUT2D eigenvalue weighted by molar-refractivity contribution is -0.123. The number of nitrogens with one attached hydrogen (secondary N) is 2. The molecule has 9 heteroatoms. The van der Waals surface area contributed by atoms with Gasteiger partial charge in [-0.3, -0.25) is 9.59 Å². The van der Waals surface area contributed by atoms with Crippen LogP contribution in [0.3, 0.4) is 0 Å². The van der Waals surface area contributed by atoms with Crippen molar-refractivity contribution in [2.24, 2.45) is 11.0 Å². The highest BCUT2D eigenvalue weighted by Gasteiger charge is 2.25. The summed E-state index contributed by atoms with van der Waals surface area (Å²) in [5, 5.41) is 15.7. The lowest BCUT2D eigenvalue weighted by atomic mass is 10.0. The first kappa shape index (κ1) is 24.7. The second-order valence-corrected chi connectivity index (χ2v) is 7.40. The minimum Gasteiger partial charge on any atom is -0.490 e. The zero-order valence-electron chi connectivity index (χ0n) is 18.1. The van der Waals surface area contributed by atoms with Crippen molar-refractivity contribution in [1.82, 2.24) is 10.7 Å². The van der Waals surface area contributed by atoms with Gasteiger partial charge in [0.2, 0.25) is 0 Å². The lowest BCUT2D eigenvalue weighted by Crippen LogP contribution is -2.48. The molecule has 0 aliphatic heterocycles. The number of carbonyl (C=O) groups excluding carboxylic acids is 2. The van der Waals surface area contributed by atoms with Gasteiger partial charge in [0.25, 0.3) is 11.8 Å². The van der Waals surface area contributed by atoms with Gasteiger partial charge >= 0.3 is 0 Å². The minimum atomic E-state index is -0.809. The maximum atomic E-state index is 12.6. The molecule has 0 aromatic heterocycles. The van der Waals surface area contributed by atoms with Gasteiger partial charge < -0.3 is 14.8 Å². The summed E-state index contributed by atoms with van der Waals surface area (Å²) < 4.78 is 10.9. The number of nitriles is 1. The average Bonchev–Trinajstić information content (AvgIpc) is 2.77. The summed E-state index contributed by atoms with van der Waals surface area (Å²) in [6, 6.07) is 12.8. The summed E-state index contributed by atoms with van der Waals surface area (Å²) in [5.41, 5.74) is 3.39. The Kier molecular flexibility index (Phi) is 9.51. The molecule has 8 nitrogen and oxygen atoms in total. The zero-order valence-corrected chi connectivity index (χ0v) is 18.8. The number of hydrogen-bond acceptors (Lipinski definition) is 6. The fourth-order valence-electron chi connectivity index (χ4n) is 2.74. The molecule has 168 valence electrons. The van der Waals surface area contributed by atoms with Gasteiger partial charge in [-0.15, -0.1) is 0 Å². The Morgan fingerprint density at radius 2 is 1.94 bits per heavy atom. The van der Waals surface area contributed by atoms with E-state index in [2.05, 4.69) is 15.8 Å². The van der Waals surface area contributed by atoms with Crippen LogP contribution < -0.4 is 20.2 Å². The highest BCUT2D eigenvalue weighted by molar-refractivity contribution is 6.33. The van der Waals surface area contributed by atoms with Crippen molar-refractivity contribution in [2.45, 2.75) is 26.8 Å². The van der Waals surface area contributed by atoms with Crippen molar-refractivity contribution in [1.29, 1.82) is 5.26 Å². The number of hydrazone groups is 1. The summed E-state index contributed by atoms with van der Waals surface area (Å²) in [4.78, 5) is 25.1. The zero-order chi connectivity index (χ0) is 23.5. The Bertz CT molecular complexity index is 1020. The van der Waals surface area contributed by atoms with Crippen LogP contribution in [0.1, 0.15) is 36.7 Å². The van der Waals surface area contributed by atoms with Gasteiger partial charge in [-0.1, -0.05) is 37.6 Å². The molecule has 0 radical (unpaired) electrons. The van der Waals surface area contributed by atoms with Crippen LogP contribution in [0.15, 0.2) is 47.6 Å². The third-order valence-corrected chi connectivity index (χ3v) is 4.63. The molecule has 0 fully saturated rings. The number of carbonyl (C=O) groups is 2. The van der Waals surface area contributed by atoms with Crippen molar-refractivity contribution < 1.29 is 19.1 Å². The van der Waals surface area contributed by atoms with E-state index < -0.39 is 17.9 Å². The normalized spacial score (nSPS) is 11.6. The lowest BCUT2D eigenvalue weighted by Gasteiger charge is -2.20. The van der Waals surface area contributed by atoms with Gasteiger partial charge in [-0.05, 0) is 48.7 Å². The van der Waals surface area contributed by atoms with Crippen LogP contribution in [-0.2, 0) is 4.79 Å². The van der Waals surface area contributed by atoms with Crippen molar-refractivity contribution in [2.75, 3.05) is 13.2 Å². The van der Waals surface area contributed by atoms with Crippen LogP contribution >= 0.6 is 11.6 Å². The predicted molar refractivity (Wildman–Crippen MR) is 122 cm³/mol. The number of halogens is 1. The third-order valence-electron chi connectivity index (χ3n) is 4.30. The van der Waals surface area contributed by atoms with E-state index in [9.17, 15) is 9.59 Å². The van der Waals surface area contributed by atoms with Crippen LogP contribution in [0.2, 0.25) is 5.02 Å². The smallest absolute Gasteiger partial charge is 0.262 e. The van der Waals surface area contributed by atoms with E-state index in [0.717, 1.165) is 0 Å². The molecule has 0 saturated heterocycles. The van der Waals surface area contributed by atoms with Crippen LogP contribution in [-0.4, -0.2) is 37.3 Å². The number of rotatable bonds is 10. The van der Waals surface area contributed by atoms with Gasteiger partial charge in [0.1, 0.15) is 12.1 Å². The average molecular weight is 457 g/mol. The maximum Gasteiger partial charge on any atom is 0.262 e. The van der Waals surface area contributed by atoms with E-state index in [0.29, 0.717) is 34.3 Å². The monoisotopic (exact) mass is 456 g/mol. The van der Waals surface area contributed by atoms with E-state index in [1.165, 1.54) is 6.21 Å². The van der Waals surface area contributed by atoms with Crippen molar-refractivity contribution in [3.8, 4) is 17.6 Å². The van der Waals surface area contributed by atoms with E-state index >= 15 is 0 Å². The van der Waals surface area contributed by atoms with Crippen molar-refractivity contribution in [3.05, 3.63) is 58.6 Å². The van der Waals surface area contributed by atoms with Crippen molar-refractivity contribution in [3.63, 3.8) is 0 Å². The minimum absolute atomic E-state index is 0.0972. The summed E-state index contributed by atoms with van der Waals surface area (Å²) in [6.07, 6.45) is 1.45. The number of hydrogen-bond donors (Lipinski definition) is 2. The molecule has 0 spiro atoms. The van der Waals surface area contributed by atoms with Crippen LogP contribution in [0.25, 0.3) is 0 Å². The molecule has 0 aliphatic carbocycles. The largest absolute Gasteiger partial charge is 0.490 e. The Hall–Kier alpha value is -3.57. The molecule has 0 heterocycles. The summed E-state index contributed by atoms with van der Waals surface area (Å²) in [5.74, 6) is -0.182. The Morgan fingerprint density at radius 3 is 2.59 bits per heavy atom. The first-order valence-electron chi connectivity index (χ1n) is 10.0. The van der Waals surface area contributed by atoms with Gasteiger partial charge in [-0.2, -0.15) is 10.4 Å². The molecule has 2 rings (SSSR count). The van der Waals surface area contributed by atoms with Gasteiger partial charge in [0.15, 0.2) is 18.1 Å². The Morgan fingerprint density at radius 1 is 1.19 bits per heavy atom. The maximum absolute atomic E-state index is 12.6. The number of amides is 2. The van der Waals surface area contributed by atoms with Crippen LogP contribution in [0.4, 0.5) is 0 Å². The molecule has 1 unspecified atom stereocenters. The van der Waals surface area contributed by atoms with E-state index in [-0.39, 0.29) is 12.5 Å². The number of nitrogens with zero attached hydrogens (tertiary/aromatic N) is 2. The second kappa shape index (κ2) is 12.3. The predicted octanol–water partition coefficient (Wildman–Crippen LogP) is 3.55. The topological polar surface area (TPSA) is 113 Å². The molecule has 2 N–H and O–H groups in total. The molecule has 0 saturated carbocycles. The Balaban J connectivity index is 2.06. The number of benzene rings is 2. The SMILES string of the molecule is CCOc1cc(/C=N\NC(=O)C(NC(=O)c2ccccc2Cl)C(C)C)ccc1OCC#N. The first-order valence-corrected chi connectivity index (χ1v) is 10.4. The molecule has 2 aromatic carbocycles. The molecule has 0 bridgehead atoms. The van der Waals surface area contributed by atoms with Crippen LogP contribution in [0.5, 0.6) is 11.5 Å². The highest BCUT2D eigenvalue weighted by Crippen LogP contribution is 2.28. The second-order valence-electron chi connectivity index (χ2n) is 7.00. The molecular weight excluding hydrogens is 432 g/mol. The highest BCUT2D eigenvalue weighted by atomic mass is 35.5. The Labute approximate surface area is 192 Å². The standard InChI is InChI=1S/C23H25ClN4O4/c1-4-31-20-13-16(9-10-19(20)32-12-11-25)14-26-28-23(30)21(15(2)3)27-22(29)17-7-5-6-8-18(17)24/h5-10,13-15,21H,4,12H2,1-3H3,(H,27,29)(H,28,30)/b26-14-. The molecular formula is C23H25ClN4O4. The van der Waals surface area contributed by atoms with E-state index in [1.807, 2.05) is 26.8 Å². The first-order chi connectivity index (χ1) is 15.4. The summed E-state index contributed by atoms with van der Waals surface area (Å²) in [6.45, 7) is 5.78. The molecule has 32 heavy (non-hydrogen) atoms. The molecule has 2 amide bonds. The van der Waals surface area contributed by atoms with E-state index in [1.54, 1.807) is 42.5 Å². The molecule has 0 aliphatic rings. The fourth-order valence-corrected chi connectivity index (χ4v) is 2.96. The summed E-state index contributed by atoms with van der Waals surface area (Å²) >= 11 is 6.07. The third kappa shape index (κ3) is 7.00. The number of ether oxygens (including phenoxy) is 2. The fraction of sp³-hybridized carbons (Fsp3) is 0.304.